The zero-order valence-electron chi connectivity index (χ0n) is 19.7. The number of hydrogen-bond acceptors (Lipinski definition) is 4. The van der Waals surface area contributed by atoms with Crippen LogP contribution in [0.15, 0.2) is 66.7 Å². The Morgan fingerprint density at radius 1 is 1.03 bits per heavy atom. The van der Waals surface area contributed by atoms with E-state index in [1.807, 2.05) is 79.7 Å². The van der Waals surface area contributed by atoms with Crippen LogP contribution in [0.4, 0.5) is 5.69 Å². The van der Waals surface area contributed by atoms with E-state index in [0.717, 1.165) is 22.7 Å². The molecule has 176 valence electrons. The van der Waals surface area contributed by atoms with Crippen molar-refractivity contribution in [1.82, 2.24) is 4.98 Å². The summed E-state index contributed by atoms with van der Waals surface area (Å²) < 4.78 is 5.81. The number of rotatable bonds is 10. The number of aliphatic carboxylic acids is 1. The Hall–Kier alpha value is -3.93. The van der Waals surface area contributed by atoms with Gasteiger partial charge in [0, 0.05) is 12.1 Å². The molecule has 0 spiro atoms. The number of amides is 1. The molecule has 0 aliphatic rings. The number of hydrogen-bond donors (Lipinski definition) is 2. The quantitative estimate of drug-likeness (QED) is 0.391. The van der Waals surface area contributed by atoms with Gasteiger partial charge in [-0.2, -0.15) is 0 Å². The molecule has 0 saturated heterocycles. The van der Waals surface area contributed by atoms with Crippen LogP contribution in [0.2, 0.25) is 0 Å². The Morgan fingerprint density at radius 2 is 1.76 bits per heavy atom. The normalized spacial score (nSPS) is 11.4. The highest BCUT2D eigenvalue weighted by Gasteiger charge is 2.27. The van der Waals surface area contributed by atoms with Gasteiger partial charge in [0.25, 0.3) is 0 Å². The minimum atomic E-state index is -0.936. The van der Waals surface area contributed by atoms with Crippen molar-refractivity contribution in [1.29, 1.82) is 0 Å². The summed E-state index contributed by atoms with van der Waals surface area (Å²) in [5.41, 5.74) is 3.45. The molecule has 3 rings (SSSR count). The van der Waals surface area contributed by atoms with Crippen LogP contribution in [0.5, 0.6) is 5.75 Å². The van der Waals surface area contributed by atoms with Crippen LogP contribution in [-0.4, -0.2) is 22.0 Å². The zero-order chi connectivity index (χ0) is 24.6. The largest absolute Gasteiger partial charge is 0.487 e. The second-order valence-corrected chi connectivity index (χ2v) is 8.85. The van der Waals surface area contributed by atoms with Gasteiger partial charge in [0.15, 0.2) is 0 Å². The molecule has 3 aromatic rings. The van der Waals surface area contributed by atoms with Gasteiger partial charge in [-0.15, -0.1) is 0 Å². The predicted octanol–water partition coefficient (Wildman–Crippen LogP) is 5.97. The molecule has 0 atom stereocenters. The van der Waals surface area contributed by atoms with Crippen LogP contribution in [-0.2, 0) is 16.2 Å². The lowest BCUT2D eigenvalue weighted by molar-refractivity contribution is -0.147. The SMILES string of the molecule is Cc1ccc(OCc2cccc(C=Cc3cccc(NC(=O)CCC(C)(C)C(=O)O)c3)n2)cc1. The first-order chi connectivity index (χ1) is 16.2. The second-order valence-electron chi connectivity index (χ2n) is 8.85. The summed E-state index contributed by atoms with van der Waals surface area (Å²) in [4.78, 5) is 28.1. The number of ether oxygens (including phenoxy) is 1. The summed E-state index contributed by atoms with van der Waals surface area (Å²) in [6, 6.07) is 21.1. The number of nitrogens with one attached hydrogen (secondary N) is 1. The van der Waals surface area contributed by atoms with Crippen molar-refractivity contribution in [2.75, 3.05) is 5.32 Å². The van der Waals surface area contributed by atoms with Crippen molar-refractivity contribution in [2.24, 2.45) is 5.41 Å². The Bertz CT molecular complexity index is 1170. The number of carboxylic acid groups (broad SMARTS) is 1. The van der Waals surface area contributed by atoms with E-state index in [9.17, 15) is 14.7 Å². The number of aromatic nitrogens is 1. The van der Waals surface area contributed by atoms with Crippen molar-refractivity contribution in [3.05, 3.63) is 89.2 Å². The standard InChI is InChI=1S/C28H30N2O4/c1-20-10-14-25(15-11-20)34-19-24-9-5-7-22(29-24)13-12-21-6-4-8-23(18-21)30-26(31)16-17-28(2,3)27(32)33/h4-15,18H,16-17,19H2,1-3H3,(H,30,31)(H,32,33). The fraction of sp³-hybridized carbons (Fsp3) is 0.250. The molecule has 0 unspecified atom stereocenters. The van der Waals surface area contributed by atoms with Crippen LogP contribution in [0.25, 0.3) is 12.2 Å². The lowest BCUT2D eigenvalue weighted by atomic mass is 9.88. The van der Waals surface area contributed by atoms with Crippen molar-refractivity contribution in [3.63, 3.8) is 0 Å². The number of pyridine rings is 1. The molecule has 1 aromatic heterocycles. The molecule has 1 heterocycles. The minimum Gasteiger partial charge on any atom is -0.487 e. The zero-order valence-corrected chi connectivity index (χ0v) is 19.7. The van der Waals surface area contributed by atoms with E-state index in [-0.39, 0.29) is 18.7 Å². The summed E-state index contributed by atoms with van der Waals surface area (Å²) >= 11 is 0. The van der Waals surface area contributed by atoms with E-state index in [1.54, 1.807) is 19.9 Å². The lowest BCUT2D eigenvalue weighted by Gasteiger charge is -2.18. The summed E-state index contributed by atoms with van der Waals surface area (Å²) in [5, 5.41) is 12.0. The molecule has 0 aliphatic heterocycles. The van der Waals surface area contributed by atoms with Crippen molar-refractivity contribution >= 4 is 29.7 Å². The van der Waals surface area contributed by atoms with Gasteiger partial charge < -0.3 is 15.2 Å². The summed E-state index contributed by atoms with van der Waals surface area (Å²) in [5.74, 6) is -0.316. The maximum absolute atomic E-state index is 12.2. The highest BCUT2D eigenvalue weighted by atomic mass is 16.5. The van der Waals surface area contributed by atoms with E-state index in [4.69, 9.17) is 4.74 Å². The average molecular weight is 459 g/mol. The van der Waals surface area contributed by atoms with E-state index < -0.39 is 11.4 Å². The number of carboxylic acids is 1. The topological polar surface area (TPSA) is 88.5 Å². The first-order valence-electron chi connectivity index (χ1n) is 11.2. The number of anilines is 1. The van der Waals surface area contributed by atoms with Crippen LogP contribution in [0.1, 0.15) is 49.2 Å². The molecule has 6 nitrogen and oxygen atoms in total. The molecule has 1 amide bonds. The highest BCUT2D eigenvalue weighted by Crippen LogP contribution is 2.23. The highest BCUT2D eigenvalue weighted by molar-refractivity contribution is 5.91. The molecule has 6 heteroatoms. The fourth-order valence-electron chi connectivity index (χ4n) is 3.12. The first kappa shape index (κ1) is 24.7. The van der Waals surface area contributed by atoms with Crippen LogP contribution < -0.4 is 10.1 Å². The van der Waals surface area contributed by atoms with E-state index in [2.05, 4.69) is 10.3 Å². The molecule has 34 heavy (non-hydrogen) atoms. The monoisotopic (exact) mass is 458 g/mol. The van der Waals surface area contributed by atoms with Crippen molar-refractivity contribution in [3.8, 4) is 5.75 Å². The number of carbonyl (C=O) groups is 2. The number of aryl methyl sites for hydroxylation is 1. The minimum absolute atomic E-state index is 0.140. The number of nitrogens with zero attached hydrogens (tertiary/aromatic N) is 1. The summed E-state index contributed by atoms with van der Waals surface area (Å²) in [6.45, 7) is 5.65. The maximum atomic E-state index is 12.2. The molecule has 0 fully saturated rings. The molecule has 0 bridgehead atoms. The third-order valence-corrected chi connectivity index (χ3v) is 5.41. The van der Waals surface area contributed by atoms with E-state index in [0.29, 0.717) is 12.3 Å². The van der Waals surface area contributed by atoms with Gasteiger partial charge in [0.1, 0.15) is 12.4 Å². The van der Waals surface area contributed by atoms with Gasteiger partial charge in [-0.05, 0) is 75.2 Å². The van der Waals surface area contributed by atoms with Crippen LogP contribution >= 0.6 is 0 Å². The van der Waals surface area contributed by atoms with E-state index >= 15 is 0 Å². The summed E-state index contributed by atoms with van der Waals surface area (Å²) in [6.07, 6.45) is 4.24. The van der Waals surface area contributed by atoms with Gasteiger partial charge in [-0.1, -0.05) is 42.0 Å². The second kappa shape index (κ2) is 11.3. The number of benzene rings is 2. The lowest BCUT2D eigenvalue weighted by Crippen LogP contribution is -2.25. The van der Waals surface area contributed by atoms with Crippen molar-refractivity contribution < 1.29 is 19.4 Å². The third kappa shape index (κ3) is 7.59. The Balaban J connectivity index is 1.58. The van der Waals surface area contributed by atoms with Gasteiger partial charge >= 0.3 is 5.97 Å². The molecular formula is C28H30N2O4. The Morgan fingerprint density at radius 3 is 2.50 bits per heavy atom. The molecule has 0 radical (unpaired) electrons. The van der Waals surface area contributed by atoms with Crippen LogP contribution in [0.3, 0.4) is 0 Å². The van der Waals surface area contributed by atoms with Gasteiger partial charge in [0.05, 0.1) is 16.8 Å². The smallest absolute Gasteiger partial charge is 0.309 e. The molecule has 2 N–H and O–H groups in total. The average Bonchev–Trinajstić information content (AvgIpc) is 2.82. The fourth-order valence-corrected chi connectivity index (χ4v) is 3.12. The number of carbonyl (C=O) groups excluding carboxylic acids is 1. The Kier molecular flexibility index (Phi) is 8.19. The first-order valence-corrected chi connectivity index (χ1v) is 11.2. The Labute approximate surface area is 200 Å². The van der Waals surface area contributed by atoms with Gasteiger partial charge in [-0.25, -0.2) is 4.98 Å². The summed E-state index contributed by atoms with van der Waals surface area (Å²) in [7, 11) is 0. The third-order valence-electron chi connectivity index (χ3n) is 5.41. The molecular weight excluding hydrogens is 428 g/mol. The maximum Gasteiger partial charge on any atom is 0.309 e. The van der Waals surface area contributed by atoms with Gasteiger partial charge in [-0.3, -0.25) is 9.59 Å². The van der Waals surface area contributed by atoms with Crippen molar-refractivity contribution in [2.45, 2.75) is 40.2 Å². The van der Waals surface area contributed by atoms with Crippen LogP contribution in [0, 0.1) is 12.3 Å². The molecule has 0 aliphatic carbocycles. The van der Waals surface area contributed by atoms with E-state index in [1.165, 1.54) is 5.56 Å². The molecule has 2 aromatic carbocycles. The predicted molar refractivity (Wildman–Crippen MR) is 134 cm³/mol. The molecule has 0 saturated carbocycles. The van der Waals surface area contributed by atoms with Gasteiger partial charge in [0.2, 0.25) is 5.91 Å².